The van der Waals surface area contributed by atoms with Crippen LogP contribution in [0.4, 0.5) is 5.69 Å². The van der Waals surface area contributed by atoms with Gasteiger partial charge in [0.1, 0.15) is 5.82 Å². The SMILES string of the molecule is C=CCn1c(CSc2ccccc2)nnc1SCC(=O)Nc1ccc(Br)cc1. The molecule has 0 unspecified atom stereocenters. The molecule has 0 radical (unpaired) electrons. The van der Waals surface area contributed by atoms with E-state index in [4.69, 9.17) is 0 Å². The second-order valence-corrected chi connectivity index (χ2v) is 8.65. The van der Waals surface area contributed by atoms with Crippen LogP contribution in [0.5, 0.6) is 0 Å². The summed E-state index contributed by atoms with van der Waals surface area (Å²) in [6.45, 7) is 4.42. The van der Waals surface area contributed by atoms with Gasteiger partial charge in [-0.3, -0.25) is 4.79 Å². The van der Waals surface area contributed by atoms with Gasteiger partial charge in [-0.05, 0) is 36.4 Å². The normalized spacial score (nSPS) is 10.6. The van der Waals surface area contributed by atoms with Crippen LogP contribution in [0.3, 0.4) is 0 Å². The van der Waals surface area contributed by atoms with Crippen molar-refractivity contribution in [1.82, 2.24) is 14.8 Å². The number of nitrogens with one attached hydrogen (secondary N) is 1. The molecule has 1 amide bonds. The molecule has 0 fully saturated rings. The second kappa shape index (κ2) is 10.5. The number of carbonyl (C=O) groups is 1. The van der Waals surface area contributed by atoms with Crippen molar-refractivity contribution in [3.8, 4) is 0 Å². The van der Waals surface area contributed by atoms with Crippen LogP contribution in [0.1, 0.15) is 5.82 Å². The van der Waals surface area contributed by atoms with Crippen LogP contribution in [0.2, 0.25) is 0 Å². The molecule has 0 atom stereocenters. The molecule has 0 aliphatic heterocycles. The first-order valence-electron chi connectivity index (χ1n) is 8.55. The van der Waals surface area contributed by atoms with Crippen LogP contribution in [-0.2, 0) is 17.1 Å². The quantitative estimate of drug-likeness (QED) is 0.339. The molecule has 0 spiro atoms. The third kappa shape index (κ3) is 5.98. The third-order valence-electron chi connectivity index (χ3n) is 3.68. The Morgan fingerprint density at radius 3 is 2.57 bits per heavy atom. The number of carbonyl (C=O) groups excluding carboxylic acids is 1. The summed E-state index contributed by atoms with van der Waals surface area (Å²) < 4.78 is 2.97. The Morgan fingerprint density at radius 1 is 1.11 bits per heavy atom. The van der Waals surface area contributed by atoms with Gasteiger partial charge in [-0.25, -0.2) is 0 Å². The average molecular weight is 475 g/mol. The summed E-state index contributed by atoms with van der Waals surface area (Å²) in [7, 11) is 0. The average Bonchev–Trinajstić information content (AvgIpc) is 3.09. The summed E-state index contributed by atoms with van der Waals surface area (Å²) in [4.78, 5) is 13.4. The number of nitrogens with zero attached hydrogens (tertiary/aromatic N) is 3. The molecule has 5 nitrogen and oxygen atoms in total. The molecule has 8 heteroatoms. The first-order chi connectivity index (χ1) is 13.7. The zero-order chi connectivity index (χ0) is 19.8. The highest BCUT2D eigenvalue weighted by atomic mass is 79.9. The van der Waals surface area contributed by atoms with Crippen LogP contribution >= 0.6 is 39.5 Å². The number of anilines is 1. The number of amides is 1. The molecule has 0 saturated heterocycles. The van der Waals surface area contributed by atoms with E-state index < -0.39 is 0 Å². The molecule has 0 saturated carbocycles. The van der Waals surface area contributed by atoms with Crippen molar-refractivity contribution in [2.75, 3.05) is 11.1 Å². The van der Waals surface area contributed by atoms with E-state index in [2.05, 4.69) is 50.2 Å². The van der Waals surface area contributed by atoms with Gasteiger partial charge in [-0.2, -0.15) is 0 Å². The highest BCUT2D eigenvalue weighted by Gasteiger charge is 2.14. The summed E-state index contributed by atoms with van der Waals surface area (Å²) in [5, 5.41) is 12.2. The molecule has 0 bridgehead atoms. The molecule has 0 aliphatic carbocycles. The number of aromatic nitrogens is 3. The number of halogens is 1. The van der Waals surface area contributed by atoms with Crippen LogP contribution in [0, 0.1) is 0 Å². The highest BCUT2D eigenvalue weighted by molar-refractivity contribution is 9.10. The van der Waals surface area contributed by atoms with E-state index in [0.29, 0.717) is 12.3 Å². The molecular weight excluding hydrogens is 456 g/mol. The van der Waals surface area contributed by atoms with Crippen LogP contribution in [0.15, 0.2) is 81.8 Å². The Morgan fingerprint density at radius 2 is 1.86 bits per heavy atom. The molecule has 2 aromatic carbocycles. The molecule has 1 aromatic heterocycles. The molecular formula is C20H19BrN4OS2. The zero-order valence-electron chi connectivity index (χ0n) is 15.0. The summed E-state index contributed by atoms with van der Waals surface area (Å²) in [6.07, 6.45) is 1.81. The van der Waals surface area contributed by atoms with Gasteiger partial charge in [0.15, 0.2) is 5.16 Å². The predicted octanol–water partition coefficient (Wildman–Crippen LogP) is 5.25. The molecule has 28 heavy (non-hydrogen) atoms. The van der Waals surface area contributed by atoms with Crippen molar-refractivity contribution < 1.29 is 4.79 Å². The van der Waals surface area contributed by atoms with Gasteiger partial charge in [0.25, 0.3) is 0 Å². The minimum Gasteiger partial charge on any atom is -0.325 e. The summed E-state index contributed by atoms with van der Waals surface area (Å²) in [6, 6.07) is 17.7. The van der Waals surface area contributed by atoms with Gasteiger partial charge in [0.2, 0.25) is 5.91 Å². The Kier molecular flexibility index (Phi) is 7.76. The van der Waals surface area contributed by atoms with Crippen molar-refractivity contribution >= 4 is 51.0 Å². The lowest BCUT2D eigenvalue weighted by Crippen LogP contribution is -2.14. The van der Waals surface area contributed by atoms with Gasteiger partial charge >= 0.3 is 0 Å². The van der Waals surface area contributed by atoms with E-state index in [1.165, 1.54) is 16.7 Å². The minimum atomic E-state index is -0.0827. The molecule has 3 aromatic rings. The largest absolute Gasteiger partial charge is 0.325 e. The van der Waals surface area contributed by atoms with Crippen molar-refractivity contribution in [3.63, 3.8) is 0 Å². The number of hydrogen-bond acceptors (Lipinski definition) is 5. The Hall–Kier alpha value is -2.03. The topological polar surface area (TPSA) is 59.8 Å². The van der Waals surface area contributed by atoms with Crippen LogP contribution in [0.25, 0.3) is 0 Å². The third-order valence-corrected chi connectivity index (χ3v) is 6.18. The van der Waals surface area contributed by atoms with E-state index >= 15 is 0 Å². The van der Waals surface area contributed by atoms with E-state index in [1.54, 1.807) is 11.8 Å². The van der Waals surface area contributed by atoms with E-state index in [-0.39, 0.29) is 11.7 Å². The van der Waals surface area contributed by atoms with Crippen LogP contribution < -0.4 is 5.32 Å². The maximum absolute atomic E-state index is 12.2. The lowest BCUT2D eigenvalue weighted by Gasteiger charge is -2.08. The van der Waals surface area contributed by atoms with E-state index in [1.807, 2.05) is 53.1 Å². The number of thioether (sulfide) groups is 2. The Balaban J connectivity index is 1.59. The molecule has 0 aliphatic rings. The van der Waals surface area contributed by atoms with Gasteiger partial charge in [-0.15, -0.1) is 28.5 Å². The van der Waals surface area contributed by atoms with Crippen molar-refractivity contribution in [3.05, 3.63) is 77.5 Å². The lowest BCUT2D eigenvalue weighted by atomic mass is 10.3. The predicted molar refractivity (Wildman–Crippen MR) is 120 cm³/mol. The van der Waals surface area contributed by atoms with Crippen LogP contribution in [-0.4, -0.2) is 26.4 Å². The fraction of sp³-hybridized carbons (Fsp3) is 0.150. The van der Waals surface area contributed by atoms with Crippen molar-refractivity contribution in [2.45, 2.75) is 22.3 Å². The van der Waals surface area contributed by atoms with Gasteiger partial charge in [0, 0.05) is 21.6 Å². The Labute approximate surface area is 181 Å². The first kappa shape index (κ1) is 20.7. The van der Waals surface area contributed by atoms with E-state index in [0.717, 1.165) is 21.1 Å². The maximum Gasteiger partial charge on any atom is 0.234 e. The number of hydrogen-bond donors (Lipinski definition) is 1. The number of benzene rings is 2. The zero-order valence-corrected chi connectivity index (χ0v) is 18.3. The molecule has 3 rings (SSSR count). The fourth-order valence-corrected chi connectivity index (χ4v) is 4.26. The monoisotopic (exact) mass is 474 g/mol. The number of allylic oxidation sites excluding steroid dienone is 1. The lowest BCUT2D eigenvalue weighted by molar-refractivity contribution is -0.113. The summed E-state index contributed by atoms with van der Waals surface area (Å²) in [5.41, 5.74) is 0.765. The van der Waals surface area contributed by atoms with Gasteiger partial charge < -0.3 is 9.88 Å². The molecule has 1 N–H and O–H groups in total. The van der Waals surface area contributed by atoms with Crippen molar-refractivity contribution in [1.29, 1.82) is 0 Å². The molecule has 144 valence electrons. The summed E-state index contributed by atoms with van der Waals surface area (Å²) >= 11 is 6.46. The fourth-order valence-electron chi connectivity index (χ4n) is 2.37. The van der Waals surface area contributed by atoms with Gasteiger partial charge in [-0.1, -0.05) is 52.0 Å². The summed E-state index contributed by atoms with van der Waals surface area (Å²) in [5.74, 6) is 1.75. The highest BCUT2D eigenvalue weighted by Crippen LogP contribution is 2.24. The second-order valence-electron chi connectivity index (χ2n) is 5.74. The standard InChI is InChI=1S/C20H19BrN4OS2/c1-2-12-25-18(13-27-17-6-4-3-5-7-17)23-24-20(25)28-14-19(26)22-16-10-8-15(21)9-11-16/h2-11H,1,12-14H2,(H,22,26). The smallest absolute Gasteiger partial charge is 0.234 e. The minimum absolute atomic E-state index is 0.0827. The van der Waals surface area contributed by atoms with E-state index in [9.17, 15) is 4.79 Å². The van der Waals surface area contributed by atoms with Gasteiger partial charge in [0.05, 0.1) is 11.5 Å². The van der Waals surface area contributed by atoms with Crippen molar-refractivity contribution in [2.24, 2.45) is 0 Å². The Bertz CT molecular complexity index is 929. The number of rotatable bonds is 9. The first-order valence-corrected chi connectivity index (χ1v) is 11.3. The molecule has 1 heterocycles. The maximum atomic E-state index is 12.2.